The zero-order valence-electron chi connectivity index (χ0n) is 8.06. The van der Waals surface area contributed by atoms with Gasteiger partial charge in [0, 0.05) is 6.04 Å². The number of rotatable bonds is 3. The summed E-state index contributed by atoms with van der Waals surface area (Å²) in [5.41, 5.74) is 0. The molecule has 1 aliphatic heterocycles. The minimum atomic E-state index is -3.23. The summed E-state index contributed by atoms with van der Waals surface area (Å²) in [7, 11) is -3.23. The second-order valence-electron chi connectivity index (χ2n) is 3.59. The van der Waals surface area contributed by atoms with Gasteiger partial charge in [0.15, 0.2) is 9.84 Å². The van der Waals surface area contributed by atoms with Crippen molar-refractivity contribution in [2.45, 2.75) is 31.1 Å². The Hall–Kier alpha value is -0.620. The molecule has 1 amide bonds. The van der Waals surface area contributed by atoms with Crippen LogP contribution in [0.25, 0.3) is 0 Å². The molecule has 0 aliphatic carbocycles. The minimum Gasteiger partial charge on any atom is -0.394 e. The Morgan fingerprint density at radius 2 is 2.29 bits per heavy atom. The Bertz CT molecular complexity index is 311. The molecule has 0 aromatic heterocycles. The van der Waals surface area contributed by atoms with Gasteiger partial charge in [-0.2, -0.15) is 0 Å². The van der Waals surface area contributed by atoms with Crippen molar-refractivity contribution in [2.24, 2.45) is 0 Å². The molecule has 0 spiro atoms. The van der Waals surface area contributed by atoms with Gasteiger partial charge in [-0.3, -0.25) is 4.79 Å². The number of hydrogen-bond donors (Lipinski definition) is 2. The lowest BCUT2D eigenvalue weighted by molar-refractivity contribution is -0.121. The highest BCUT2D eigenvalue weighted by Gasteiger charge is 2.37. The molecule has 0 bridgehead atoms. The number of aliphatic hydroxyl groups excluding tert-OH is 1. The summed E-state index contributed by atoms with van der Waals surface area (Å²) in [6, 6.07) is -0.390. The zero-order chi connectivity index (χ0) is 10.8. The molecular weight excluding hydrogens is 206 g/mol. The van der Waals surface area contributed by atoms with Gasteiger partial charge in [-0.1, -0.05) is 0 Å². The molecule has 1 aliphatic rings. The monoisotopic (exact) mass is 221 g/mol. The largest absolute Gasteiger partial charge is 0.394 e. The lowest BCUT2D eigenvalue weighted by Gasteiger charge is -2.14. The van der Waals surface area contributed by atoms with E-state index in [0.717, 1.165) is 0 Å². The summed E-state index contributed by atoms with van der Waals surface area (Å²) in [5.74, 6) is -0.387. The molecule has 0 aromatic rings. The zero-order valence-corrected chi connectivity index (χ0v) is 8.88. The van der Waals surface area contributed by atoms with Gasteiger partial charge in [0.05, 0.1) is 12.4 Å². The smallest absolute Gasteiger partial charge is 0.238 e. The first-order valence-corrected chi connectivity index (χ1v) is 6.31. The van der Waals surface area contributed by atoms with E-state index in [1.807, 2.05) is 0 Å². The van der Waals surface area contributed by atoms with E-state index >= 15 is 0 Å². The number of carbonyl (C=O) groups excluding carboxylic acids is 1. The molecule has 0 aromatic carbocycles. The first-order chi connectivity index (χ1) is 6.47. The summed E-state index contributed by atoms with van der Waals surface area (Å²) < 4.78 is 22.7. The van der Waals surface area contributed by atoms with Crippen LogP contribution in [-0.2, 0) is 14.6 Å². The van der Waals surface area contributed by atoms with Crippen molar-refractivity contribution >= 4 is 15.7 Å². The predicted molar refractivity (Wildman–Crippen MR) is 51.5 cm³/mol. The van der Waals surface area contributed by atoms with Crippen molar-refractivity contribution in [2.75, 3.05) is 12.4 Å². The van der Waals surface area contributed by atoms with Crippen molar-refractivity contribution in [3.05, 3.63) is 0 Å². The molecule has 5 nitrogen and oxygen atoms in total. The summed E-state index contributed by atoms with van der Waals surface area (Å²) >= 11 is 0. The molecule has 1 rings (SSSR count). The van der Waals surface area contributed by atoms with Gasteiger partial charge in [0.25, 0.3) is 0 Å². The van der Waals surface area contributed by atoms with Crippen molar-refractivity contribution in [1.29, 1.82) is 0 Å². The Kier molecular flexibility index (Phi) is 3.49. The average Bonchev–Trinajstić information content (AvgIpc) is 2.45. The van der Waals surface area contributed by atoms with Crippen LogP contribution in [0.15, 0.2) is 0 Å². The van der Waals surface area contributed by atoms with E-state index in [-0.39, 0.29) is 12.4 Å². The third-order valence-electron chi connectivity index (χ3n) is 2.28. The fourth-order valence-corrected chi connectivity index (χ4v) is 3.24. The van der Waals surface area contributed by atoms with Gasteiger partial charge >= 0.3 is 0 Å². The van der Waals surface area contributed by atoms with E-state index in [4.69, 9.17) is 5.11 Å². The number of carbonyl (C=O) groups is 1. The molecule has 2 N–H and O–H groups in total. The van der Waals surface area contributed by atoms with Crippen molar-refractivity contribution in [3.63, 3.8) is 0 Å². The van der Waals surface area contributed by atoms with E-state index in [0.29, 0.717) is 12.8 Å². The first kappa shape index (κ1) is 11.5. The normalized spacial score (nSPS) is 27.1. The number of amides is 1. The van der Waals surface area contributed by atoms with Gasteiger partial charge < -0.3 is 10.4 Å². The van der Waals surface area contributed by atoms with Crippen molar-refractivity contribution in [1.82, 2.24) is 5.32 Å². The molecular formula is C8H15NO4S. The lowest BCUT2D eigenvalue weighted by atomic mass is 10.2. The summed E-state index contributed by atoms with van der Waals surface area (Å²) in [4.78, 5) is 11.4. The van der Waals surface area contributed by atoms with Crippen molar-refractivity contribution < 1.29 is 18.3 Å². The van der Waals surface area contributed by atoms with Crippen molar-refractivity contribution in [3.8, 4) is 0 Å². The second-order valence-corrected chi connectivity index (χ2v) is 5.89. The fourth-order valence-electron chi connectivity index (χ4n) is 1.47. The highest BCUT2D eigenvalue weighted by molar-refractivity contribution is 7.93. The Morgan fingerprint density at radius 3 is 2.71 bits per heavy atom. The maximum absolute atomic E-state index is 11.4. The third-order valence-corrected chi connectivity index (χ3v) is 4.46. The molecule has 1 unspecified atom stereocenters. The van der Waals surface area contributed by atoms with Crippen LogP contribution in [0.4, 0.5) is 0 Å². The summed E-state index contributed by atoms with van der Waals surface area (Å²) in [5, 5.41) is 10.2. The topological polar surface area (TPSA) is 83.5 Å². The van der Waals surface area contributed by atoms with E-state index in [2.05, 4.69) is 5.32 Å². The van der Waals surface area contributed by atoms with Gasteiger partial charge in [0.2, 0.25) is 5.91 Å². The molecule has 82 valence electrons. The standard InChI is InChI=1S/C8H15NO4S/c1-6(5-10)9-8(11)7-3-2-4-14(7,12)13/h6-7,10H,2-5H2,1H3,(H,9,11)/t6-,7?/m1/s1. The van der Waals surface area contributed by atoms with Gasteiger partial charge in [-0.25, -0.2) is 8.42 Å². The highest BCUT2D eigenvalue weighted by atomic mass is 32.2. The fraction of sp³-hybridized carbons (Fsp3) is 0.875. The SMILES string of the molecule is C[C@H](CO)NC(=O)C1CCCS1(=O)=O. The van der Waals surface area contributed by atoms with Crippen LogP contribution in [0.5, 0.6) is 0 Å². The number of aliphatic hydroxyl groups is 1. The number of hydrogen-bond acceptors (Lipinski definition) is 4. The molecule has 0 saturated carbocycles. The van der Waals surface area contributed by atoms with Crippen LogP contribution >= 0.6 is 0 Å². The molecule has 2 atom stereocenters. The Balaban J connectivity index is 2.62. The predicted octanol–water partition coefficient (Wildman–Crippen LogP) is -0.939. The molecule has 0 radical (unpaired) electrons. The molecule has 6 heteroatoms. The van der Waals surface area contributed by atoms with Crippen LogP contribution in [0.3, 0.4) is 0 Å². The summed E-state index contributed by atoms with van der Waals surface area (Å²) in [6.45, 7) is 1.44. The maximum atomic E-state index is 11.4. The molecule has 1 heterocycles. The Morgan fingerprint density at radius 1 is 1.64 bits per heavy atom. The highest BCUT2D eigenvalue weighted by Crippen LogP contribution is 2.19. The lowest BCUT2D eigenvalue weighted by Crippen LogP contribution is -2.43. The molecule has 14 heavy (non-hydrogen) atoms. The van der Waals surface area contributed by atoms with Gasteiger partial charge in [0.1, 0.15) is 5.25 Å². The minimum absolute atomic E-state index is 0.0958. The average molecular weight is 221 g/mol. The van der Waals surface area contributed by atoms with Crippen LogP contribution in [0, 0.1) is 0 Å². The second kappa shape index (κ2) is 4.27. The van der Waals surface area contributed by atoms with Crippen LogP contribution in [0.1, 0.15) is 19.8 Å². The summed E-state index contributed by atoms with van der Waals surface area (Å²) in [6.07, 6.45) is 0.945. The van der Waals surface area contributed by atoms with E-state index in [1.54, 1.807) is 6.92 Å². The van der Waals surface area contributed by atoms with E-state index < -0.39 is 27.0 Å². The van der Waals surface area contributed by atoms with Gasteiger partial charge in [-0.05, 0) is 19.8 Å². The Labute approximate surface area is 83.4 Å². The quantitative estimate of drug-likeness (QED) is 0.644. The van der Waals surface area contributed by atoms with E-state index in [1.165, 1.54) is 0 Å². The van der Waals surface area contributed by atoms with Crippen LogP contribution in [-0.4, -0.2) is 43.1 Å². The third kappa shape index (κ3) is 2.45. The van der Waals surface area contributed by atoms with Crippen LogP contribution in [0.2, 0.25) is 0 Å². The first-order valence-electron chi connectivity index (χ1n) is 4.60. The number of nitrogens with one attached hydrogen (secondary N) is 1. The van der Waals surface area contributed by atoms with Gasteiger partial charge in [-0.15, -0.1) is 0 Å². The van der Waals surface area contributed by atoms with E-state index in [9.17, 15) is 13.2 Å². The maximum Gasteiger partial charge on any atom is 0.238 e. The molecule has 1 saturated heterocycles. The number of sulfone groups is 1. The molecule has 1 fully saturated rings. The van der Waals surface area contributed by atoms with Crippen LogP contribution < -0.4 is 5.32 Å².